The van der Waals surface area contributed by atoms with Crippen molar-refractivity contribution in [3.63, 3.8) is 0 Å². The van der Waals surface area contributed by atoms with Crippen molar-refractivity contribution in [2.24, 2.45) is 0 Å². The van der Waals surface area contributed by atoms with Crippen molar-refractivity contribution in [2.45, 2.75) is 46.1 Å². The Morgan fingerprint density at radius 3 is 2.76 bits per heavy atom. The lowest BCUT2D eigenvalue weighted by atomic mass is 9.95. The van der Waals surface area contributed by atoms with Crippen LogP contribution < -0.4 is 5.32 Å². The van der Waals surface area contributed by atoms with E-state index >= 15 is 0 Å². The minimum absolute atomic E-state index is 0.563. The standard InChI is InChI=1S/C20H25N/c1-4-11-21-20-10-8-16-13-17(7-9-18(16)20)19-12-14(2)5-6-15(19)3/h5-7,9,12-13,20-21H,4,8,10-11H2,1-3H3. The van der Waals surface area contributed by atoms with Crippen molar-refractivity contribution >= 4 is 0 Å². The van der Waals surface area contributed by atoms with Gasteiger partial charge in [0, 0.05) is 6.04 Å². The minimum Gasteiger partial charge on any atom is -0.310 e. The monoisotopic (exact) mass is 279 g/mol. The van der Waals surface area contributed by atoms with E-state index in [4.69, 9.17) is 0 Å². The summed E-state index contributed by atoms with van der Waals surface area (Å²) in [5, 5.41) is 3.67. The first-order valence-corrected chi connectivity index (χ1v) is 8.13. The van der Waals surface area contributed by atoms with Crippen LogP contribution in [0.25, 0.3) is 11.1 Å². The fraction of sp³-hybridized carbons (Fsp3) is 0.400. The third-order valence-electron chi connectivity index (χ3n) is 4.57. The molecule has 0 fully saturated rings. The van der Waals surface area contributed by atoms with Gasteiger partial charge < -0.3 is 5.32 Å². The lowest BCUT2D eigenvalue weighted by Gasteiger charge is -2.14. The highest BCUT2D eigenvalue weighted by molar-refractivity contribution is 5.69. The highest BCUT2D eigenvalue weighted by atomic mass is 14.9. The van der Waals surface area contributed by atoms with Crippen LogP contribution in [-0.2, 0) is 6.42 Å². The van der Waals surface area contributed by atoms with Crippen LogP contribution in [0.1, 0.15) is 48.1 Å². The number of aryl methyl sites for hydroxylation is 3. The third-order valence-corrected chi connectivity index (χ3v) is 4.57. The van der Waals surface area contributed by atoms with Crippen molar-refractivity contribution in [3.05, 3.63) is 58.7 Å². The smallest absolute Gasteiger partial charge is 0.0326 e. The Balaban J connectivity index is 1.92. The fourth-order valence-corrected chi connectivity index (χ4v) is 3.36. The molecule has 1 nitrogen and oxygen atoms in total. The van der Waals surface area contributed by atoms with Crippen LogP contribution in [0.3, 0.4) is 0 Å². The molecule has 1 atom stereocenters. The van der Waals surface area contributed by atoms with Crippen molar-refractivity contribution in [3.8, 4) is 11.1 Å². The molecule has 21 heavy (non-hydrogen) atoms. The second-order valence-corrected chi connectivity index (χ2v) is 6.28. The Labute approximate surface area is 128 Å². The second-order valence-electron chi connectivity index (χ2n) is 6.28. The summed E-state index contributed by atoms with van der Waals surface area (Å²) >= 11 is 0. The SMILES string of the molecule is CCCNC1CCc2cc(-c3cc(C)ccc3C)ccc21. The molecular formula is C20H25N. The summed E-state index contributed by atoms with van der Waals surface area (Å²) in [5.74, 6) is 0. The van der Waals surface area contributed by atoms with Gasteiger partial charge in [-0.15, -0.1) is 0 Å². The van der Waals surface area contributed by atoms with Crippen molar-refractivity contribution in [1.82, 2.24) is 5.32 Å². The molecule has 1 aliphatic rings. The van der Waals surface area contributed by atoms with E-state index in [1.54, 1.807) is 0 Å². The van der Waals surface area contributed by atoms with E-state index in [2.05, 4.69) is 62.5 Å². The van der Waals surface area contributed by atoms with E-state index in [0.29, 0.717) is 6.04 Å². The lowest BCUT2D eigenvalue weighted by molar-refractivity contribution is 0.529. The van der Waals surface area contributed by atoms with Gasteiger partial charge in [-0.1, -0.05) is 48.9 Å². The predicted octanol–water partition coefficient (Wildman–Crippen LogP) is 4.96. The maximum absolute atomic E-state index is 3.67. The highest BCUT2D eigenvalue weighted by Gasteiger charge is 2.22. The summed E-state index contributed by atoms with van der Waals surface area (Å²) < 4.78 is 0. The summed E-state index contributed by atoms with van der Waals surface area (Å²) in [6.07, 6.45) is 3.65. The molecule has 0 bridgehead atoms. The van der Waals surface area contributed by atoms with E-state index < -0.39 is 0 Å². The molecule has 0 saturated carbocycles. The maximum atomic E-state index is 3.67. The number of nitrogens with one attached hydrogen (secondary N) is 1. The first-order valence-electron chi connectivity index (χ1n) is 8.13. The van der Waals surface area contributed by atoms with Crippen LogP contribution in [0.2, 0.25) is 0 Å². The van der Waals surface area contributed by atoms with Gasteiger partial charge in [-0.05, 0) is 67.5 Å². The predicted molar refractivity (Wildman–Crippen MR) is 90.7 cm³/mol. The molecule has 3 rings (SSSR count). The van der Waals surface area contributed by atoms with E-state index in [1.807, 2.05) is 0 Å². The third kappa shape index (κ3) is 2.89. The molecule has 2 aromatic rings. The summed E-state index contributed by atoms with van der Waals surface area (Å²) in [7, 11) is 0. The van der Waals surface area contributed by atoms with Gasteiger partial charge in [0.2, 0.25) is 0 Å². The Morgan fingerprint density at radius 1 is 1.10 bits per heavy atom. The largest absolute Gasteiger partial charge is 0.310 e. The van der Waals surface area contributed by atoms with Gasteiger partial charge in [-0.3, -0.25) is 0 Å². The summed E-state index contributed by atoms with van der Waals surface area (Å²) in [6.45, 7) is 7.71. The van der Waals surface area contributed by atoms with Crippen LogP contribution >= 0.6 is 0 Å². The van der Waals surface area contributed by atoms with E-state index in [-0.39, 0.29) is 0 Å². The van der Waals surface area contributed by atoms with Crippen LogP contribution in [0.15, 0.2) is 36.4 Å². The highest BCUT2D eigenvalue weighted by Crippen LogP contribution is 2.35. The van der Waals surface area contributed by atoms with Crippen LogP contribution in [-0.4, -0.2) is 6.54 Å². The molecule has 1 heteroatoms. The number of hydrogen-bond acceptors (Lipinski definition) is 1. The van der Waals surface area contributed by atoms with Gasteiger partial charge in [0.05, 0.1) is 0 Å². The normalized spacial score (nSPS) is 17.0. The lowest BCUT2D eigenvalue weighted by Crippen LogP contribution is -2.19. The van der Waals surface area contributed by atoms with Gasteiger partial charge >= 0.3 is 0 Å². The number of rotatable bonds is 4. The molecule has 1 aliphatic carbocycles. The number of benzene rings is 2. The molecule has 0 radical (unpaired) electrons. The molecule has 0 spiro atoms. The Bertz CT molecular complexity index is 642. The fourth-order valence-electron chi connectivity index (χ4n) is 3.36. The molecule has 0 aliphatic heterocycles. The second kappa shape index (κ2) is 6.03. The zero-order chi connectivity index (χ0) is 14.8. The number of fused-ring (bicyclic) bond motifs is 1. The van der Waals surface area contributed by atoms with Gasteiger partial charge in [0.15, 0.2) is 0 Å². The quantitative estimate of drug-likeness (QED) is 0.834. The molecule has 0 heterocycles. The zero-order valence-corrected chi connectivity index (χ0v) is 13.4. The molecule has 1 unspecified atom stereocenters. The van der Waals surface area contributed by atoms with Crippen LogP contribution in [0, 0.1) is 13.8 Å². The van der Waals surface area contributed by atoms with Crippen molar-refractivity contribution in [2.75, 3.05) is 6.54 Å². The van der Waals surface area contributed by atoms with Crippen LogP contribution in [0.5, 0.6) is 0 Å². The zero-order valence-electron chi connectivity index (χ0n) is 13.4. The Morgan fingerprint density at radius 2 is 1.95 bits per heavy atom. The molecule has 110 valence electrons. The molecule has 0 aromatic heterocycles. The minimum atomic E-state index is 0.563. The van der Waals surface area contributed by atoms with Crippen LogP contribution in [0.4, 0.5) is 0 Å². The first kappa shape index (κ1) is 14.3. The Hall–Kier alpha value is -1.60. The van der Waals surface area contributed by atoms with Gasteiger partial charge in [0.1, 0.15) is 0 Å². The van der Waals surface area contributed by atoms with Gasteiger partial charge in [0.25, 0.3) is 0 Å². The average molecular weight is 279 g/mol. The molecule has 0 amide bonds. The van der Waals surface area contributed by atoms with Crippen molar-refractivity contribution in [1.29, 1.82) is 0 Å². The summed E-state index contributed by atoms with van der Waals surface area (Å²) in [4.78, 5) is 0. The molecule has 0 saturated heterocycles. The van der Waals surface area contributed by atoms with E-state index in [9.17, 15) is 0 Å². The molecule has 1 N–H and O–H groups in total. The van der Waals surface area contributed by atoms with Gasteiger partial charge in [-0.2, -0.15) is 0 Å². The van der Waals surface area contributed by atoms with E-state index in [1.165, 1.54) is 52.6 Å². The molecular weight excluding hydrogens is 254 g/mol. The van der Waals surface area contributed by atoms with Gasteiger partial charge in [-0.25, -0.2) is 0 Å². The first-order chi connectivity index (χ1) is 10.2. The Kier molecular flexibility index (Phi) is 4.12. The van der Waals surface area contributed by atoms with Crippen molar-refractivity contribution < 1.29 is 0 Å². The maximum Gasteiger partial charge on any atom is 0.0326 e. The summed E-state index contributed by atoms with van der Waals surface area (Å²) in [6, 6.07) is 14.3. The average Bonchev–Trinajstić information content (AvgIpc) is 2.90. The van der Waals surface area contributed by atoms with E-state index in [0.717, 1.165) is 6.54 Å². The number of hydrogen-bond donors (Lipinski definition) is 1. The topological polar surface area (TPSA) is 12.0 Å². The summed E-state index contributed by atoms with van der Waals surface area (Å²) in [5.41, 5.74) is 8.48. The molecule has 2 aromatic carbocycles.